The fourth-order valence-corrected chi connectivity index (χ4v) is 6.74. The third-order valence-electron chi connectivity index (χ3n) is 8.14. The van der Waals surface area contributed by atoms with E-state index in [9.17, 15) is 19.2 Å². The molecule has 4 aromatic rings. The molecule has 1 aliphatic heterocycles. The number of hydrogen-bond donors (Lipinski definition) is 0. The lowest BCUT2D eigenvalue weighted by atomic mass is 9.60. The number of hydrogen-bond acceptors (Lipinski definition) is 5. The number of fused-ring (bicyclic) bond motifs is 2. The van der Waals surface area contributed by atoms with Gasteiger partial charge in [0.1, 0.15) is 11.5 Å². The zero-order valence-corrected chi connectivity index (χ0v) is 20.6. The van der Waals surface area contributed by atoms with E-state index in [0.717, 1.165) is 0 Å². The second-order valence-corrected chi connectivity index (χ2v) is 10.3. The zero-order valence-electron chi connectivity index (χ0n) is 19.9. The fourth-order valence-electron chi connectivity index (χ4n) is 6.61. The summed E-state index contributed by atoms with van der Waals surface area (Å²) < 4.78 is 6.64. The van der Waals surface area contributed by atoms with Crippen LogP contribution in [-0.4, -0.2) is 28.7 Å². The normalized spacial score (nSPS) is 22.3. The van der Waals surface area contributed by atoms with E-state index in [2.05, 4.69) is 0 Å². The van der Waals surface area contributed by atoms with Gasteiger partial charge in [-0.2, -0.15) is 0 Å². The van der Waals surface area contributed by atoms with Crippen LogP contribution in [0.5, 0.6) is 0 Å². The number of ketones is 4. The quantitative estimate of drug-likeness (QED) is 0.301. The zero-order chi connectivity index (χ0) is 26.2. The lowest BCUT2D eigenvalue weighted by Gasteiger charge is -2.34. The van der Waals surface area contributed by atoms with Crippen molar-refractivity contribution in [1.29, 1.82) is 0 Å². The van der Waals surface area contributed by atoms with Crippen LogP contribution < -0.4 is 0 Å². The van der Waals surface area contributed by atoms with Gasteiger partial charge in [0.2, 0.25) is 17.2 Å². The summed E-state index contributed by atoms with van der Waals surface area (Å²) in [7, 11) is 0. The van der Waals surface area contributed by atoms with Crippen LogP contribution in [0.2, 0.25) is 5.02 Å². The van der Waals surface area contributed by atoms with Crippen molar-refractivity contribution >= 4 is 34.7 Å². The first kappa shape index (κ1) is 23.0. The largest absolute Gasteiger partial charge is 0.348 e. The summed E-state index contributed by atoms with van der Waals surface area (Å²) in [6.07, 6.45) is -1.18. The highest BCUT2D eigenvalue weighted by atomic mass is 35.5. The predicted octanol–water partition coefficient (Wildman–Crippen LogP) is 6.08. The Kier molecular flexibility index (Phi) is 4.78. The third-order valence-corrected chi connectivity index (χ3v) is 8.40. The predicted molar refractivity (Wildman–Crippen MR) is 140 cm³/mol. The van der Waals surface area contributed by atoms with E-state index in [-0.39, 0.29) is 22.3 Å². The van der Waals surface area contributed by atoms with Gasteiger partial charge in [-0.3, -0.25) is 19.2 Å². The number of carbonyl (C=O) groups excluding carboxylic acids is 4. The van der Waals surface area contributed by atoms with E-state index < -0.39 is 46.2 Å². The summed E-state index contributed by atoms with van der Waals surface area (Å²) in [4.78, 5) is 57.7. The van der Waals surface area contributed by atoms with Gasteiger partial charge in [0.05, 0.1) is 5.92 Å². The lowest BCUT2D eigenvalue weighted by Crippen LogP contribution is -2.51. The monoisotopic (exact) mass is 518 g/mol. The van der Waals surface area contributed by atoms with Gasteiger partial charge in [-0.15, -0.1) is 0 Å². The molecule has 0 radical (unpaired) electrons. The van der Waals surface area contributed by atoms with E-state index in [1.54, 1.807) is 97.1 Å². The molecule has 0 unspecified atom stereocenters. The summed E-state index contributed by atoms with van der Waals surface area (Å²) in [5.74, 6) is -3.24. The Labute approximate surface area is 223 Å². The summed E-state index contributed by atoms with van der Waals surface area (Å²) >= 11 is 6.21. The first-order chi connectivity index (χ1) is 18.4. The Morgan fingerprint density at radius 2 is 0.974 bits per heavy atom. The van der Waals surface area contributed by atoms with Crippen LogP contribution in [0.1, 0.15) is 64.6 Å². The summed E-state index contributed by atoms with van der Waals surface area (Å²) in [6.45, 7) is 0. The van der Waals surface area contributed by atoms with Crippen molar-refractivity contribution in [3.63, 3.8) is 0 Å². The van der Waals surface area contributed by atoms with Gasteiger partial charge in [0, 0.05) is 27.3 Å². The molecule has 0 bridgehead atoms. The maximum atomic E-state index is 14.5. The Morgan fingerprint density at radius 3 is 1.47 bits per heavy atom. The van der Waals surface area contributed by atoms with Crippen molar-refractivity contribution in [3.8, 4) is 0 Å². The second-order valence-electron chi connectivity index (χ2n) is 9.91. The highest BCUT2D eigenvalue weighted by molar-refractivity contribution is 6.37. The molecule has 2 atom stereocenters. The topological polar surface area (TPSA) is 77.5 Å². The fraction of sp³-hybridized carbons (Fsp3) is 0.125. The van der Waals surface area contributed by atoms with Gasteiger partial charge in [-0.1, -0.05) is 103 Å². The number of ether oxygens (including phenoxy) is 1. The summed E-state index contributed by atoms with van der Waals surface area (Å²) in [5.41, 5.74) is -2.04. The van der Waals surface area contributed by atoms with Crippen molar-refractivity contribution < 1.29 is 23.9 Å². The molecule has 38 heavy (non-hydrogen) atoms. The van der Waals surface area contributed by atoms with Crippen molar-refractivity contribution in [2.45, 2.75) is 17.6 Å². The molecule has 5 nitrogen and oxygen atoms in total. The molecule has 1 saturated heterocycles. The number of carbonyl (C=O) groups is 4. The molecule has 4 aromatic carbocycles. The molecule has 0 saturated carbocycles. The first-order valence-corrected chi connectivity index (χ1v) is 12.7. The molecule has 0 N–H and O–H groups in total. The van der Waals surface area contributed by atoms with E-state index in [4.69, 9.17) is 16.3 Å². The van der Waals surface area contributed by atoms with Crippen LogP contribution in [0, 0.1) is 5.41 Å². The minimum atomic E-state index is -2.11. The number of halogens is 1. The van der Waals surface area contributed by atoms with Gasteiger partial charge in [-0.25, -0.2) is 0 Å². The van der Waals surface area contributed by atoms with Crippen molar-refractivity contribution in [3.05, 3.63) is 142 Å². The standard InChI is InChI=1S/C32H19ClO5/c33-20-16-14-18(15-17-20)25-31(26(34)21-10-4-5-11-22(21)27(31)35)30(19-8-2-1-3-9-19)38-32(25)28(36)23-12-6-7-13-24(23)29(32)37/h1-17,25,30H/t25-,30-/m0/s1. The molecule has 2 spiro atoms. The van der Waals surface area contributed by atoms with E-state index in [0.29, 0.717) is 16.1 Å². The Bertz CT molecular complexity index is 1620. The SMILES string of the molecule is O=C1c2ccccc2C(=O)C12O[C@@H](c1ccccc1)C1(C(=O)c3ccccc3C1=O)[C@@H]2c1ccc(Cl)cc1. The molecule has 1 heterocycles. The maximum Gasteiger partial charge on any atom is 0.204 e. The number of benzene rings is 4. The van der Waals surface area contributed by atoms with Crippen LogP contribution in [0.15, 0.2) is 103 Å². The molecular formula is C32H19ClO5. The molecule has 7 rings (SSSR count). The number of rotatable bonds is 2. The van der Waals surface area contributed by atoms with E-state index >= 15 is 0 Å². The second kappa shape index (κ2) is 7.90. The summed E-state index contributed by atoms with van der Waals surface area (Å²) in [6, 6.07) is 28.6. The summed E-state index contributed by atoms with van der Waals surface area (Å²) in [5, 5.41) is 0.440. The van der Waals surface area contributed by atoms with Crippen LogP contribution >= 0.6 is 11.6 Å². The molecule has 3 aliphatic rings. The van der Waals surface area contributed by atoms with Gasteiger partial charge in [0.25, 0.3) is 0 Å². The van der Waals surface area contributed by atoms with Crippen molar-refractivity contribution in [1.82, 2.24) is 0 Å². The van der Waals surface area contributed by atoms with Crippen molar-refractivity contribution in [2.24, 2.45) is 5.41 Å². The minimum Gasteiger partial charge on any atom is -0.348 e. The van der Waals surface area contributed by atoms with Crippen LogP contribution in [-0.2, 0) is 4.74 Å². The lowest BCUT2D eigenvalue weighted by molar-refractivity contribution is -0.0210. The number of Topliss-reactive ketones (excluding diaryl/α,β-unsaturated/α-hetero) is 4. The average Bonchev–Trinajstić information content (AvgIpc) is 3.48. The van der Waals surface area contributed by atoms with Gasteiger partial charge < -0.3 is 4.74 Å². The molecule has 1 fully saturated rings. The van der Waals surface area contributed by atoms with Crippen molar-refractivity contribution in [2.75, 3.05) is 0 Å². The Morgan fingerprint density at radius 1 is 0.526 bits per heavy atom. The smallest absolute Gasteiger partial charge is 0.204 e. The third kappa shape index (κ3) is 2.65. The van der Waals surface area contributed by atoms with Gasteiger partial charge in [0.15, 0.2) is 11.6 Å². The Hall–Kier alpha value is -4.19. The van der Waals surface area contributed by atoms with Crippen LogP contribution in [0.25, 0.3) is 0 Å². The Balaban J connectivity index is 1.59. The van der Waals surface area contributed by atoms with Crippen LogP contribution in [0.4, 0.5) is 0 Å². The van der Waals surface area contributed by atoms with Gasteiger partial charge in [-0.05, 0) is 23.3 Å². The molecule has 184 valence electrons. The van der Waals surface area contributed by atoms with E-state index in [1.165, 1.54) is 0 Å². The molecule has 6 heteroatoms. The van der Waals surface area contributed by atoms with E-state index in [1.807, 2.05) is 6.07 Å². The highest BCUT2D eigenvalue weighted by Crippen LogP contribution is 2.67. The minimum absolute atomic E-state index is 0.218. The molecule has 0 amide bonds. The van der Waals surface area contributed by atoms with Gasteiger partial charge >= 0.3 is 0 Å². The average molecular weight is 519 g/mol. The molecular weight excluding hydrogens is 500 g/mol. The highest BCUT2D eigenvalue weighted by Gasteiger charge is 2.79. The maximum absolute atomic E-state index is 14.5. The molecule has 0 aromatic heterocycles. The molecule has 2 aliphatic carbocycles. The van der Waals surface area contributed by atoms with Crippen LogP contribution in [0.3, 0.4) is 0 Å². The first-order valence-electron chi connectivity index (χ1n) is 12.3.